The summed E-state index contributed by atoms with van der Waals surface area (Å²) in [6, 6.07) is 32.9. The van der Waals surface area contributed by atoms with Crippen LogP contribution in [0.4, 0.5) is 21.0 Å². The molecule has 5 rings (SSSR count). The molecule has 1 heterocycles. The summed E-state index contributed by atoms with van der Waals surface area (Å²) in [4.78, 5) is 29.5. The molecule has 0 aliphatic rings. The van der Waals surface area contributed by atoms with Gasteiger partial charge in [-0.15, -0.1) is 0 Å². The number of nitrogens with zero attached hydrogens (tertiary/aromatic N) is 1. The van der Waals surface area contributed by atoms with Gasteiger partial charge in [0.1, 0.15) is 0 Å². The highest BCUT2D eigenvalue weighted by molar-refractivity contribution is 5.98. The molecule has 0 radical (unpaired) electrons. The van der Waals surface area contributed by atoms with E-state index < -0.39 is 0 Å². The molecule has 0 saturated heterocycles. The van der Waals surface area contributed by atoms with Gasteiger partial charge in [0.2, 0.25) is 0 Å². The second-order valence-corrected chi connectivity index (χ2v) is 9.04. The average molecular weight is 504 g/mol. The first kappa shape index (κ1) is 24.8. The van der Waals surface area contributed by atoms with Crippen molar-refractivity contribution >= 4 is 45.2 Å². The van der Waals surface area contributed by atoms with Gasteiger partial charge in [-0.2, -0.15) is 0 Å². The van der Waals surface area contributed by atoms with Crippen LogP contribution in [0.5, 0.6) is 0 Å². The number of fused-ring (bicyclic) bond motifs is 2. The van der Waals surface area contributed by atoms with Crippen LogP contribution in [0.3, 0.4) is 0 Å². The van der Waals surface area contributed by atoms with E-state index in [9.17, 15) is 9.59 Å². The Balaban J connectivity index is 1.19. The van der Waals surface area contributed by atoms with Crippen LogP contribution in [0.1, 0.15) is 11.1 Å². The van der Waals surface area contributed by atoms with Gasteiger partial charge < -0.3 is 21.3 Å². The van der Waals surface area contributed by atoms with Gasteiger partial charge in [-0.3, -0.25) is 0 Å². The summed E-state index contributed by atoms with van der Waals surface area (Å²) in [6.07, 6.45) is 1.53. The lowest BCUT2D eigenvalue weighted by Crippen LogP contribution is -2.30. The zero-order chi connectivity index (χ0) is 26.2. The lowest BCUT2D eigenvalue weighted by atomic mass is 10.1. The molecule has 190 valence electrons. The standard InChI is InChI=1S/C31H29N5O2/c37-30(32-17-15-22-7-3-1-4-8-22)34-26-13-11-24-19-25-12-14-27(21-29(25)36-28(24)20-26)35-31(38)33-18-16-23-9-5-2-6-10-23/h1-14,19-21H,15-18H2,(H2,32,34,37)(H2,33,35,38). The molecule has 4 amide bonds. The molecule has 7 heteroatoms. The minimum absolute atomic E-state index is 0.258. The Morgan fingerprint density at radius 1 is 0.553 bits per heavy atom. The van der Waals surface area contributed by atoms with E-state index in [1.807, 2.05) is 103 Å². The van der Waals surface area contributed by atoms with E-state index in [1.165, 1.54) is 11.1 Å². The van der Waals surface area contributed by atoms with Crippen LogP contribution >= 0.6 is 0 Å². The summed E-state index contributed by atoms with van der Waals surface area (Å²) < 4.78 is 0. The van der Waals surface area contributed by atoms with Crippen molar-refractivity contribution in [2.24, 2.45) is 0 Å². The van der Waals surface area contributed by atoms with E-state index in [4.69, 9.17) is 4.98 Å². The van der Waals surface area contributed by atoms with E-state index in [-0.39, 0.29) is 12.1 Å². The SMILES string of the molecule is O=C(NCCc1ccccc1)Nc1ccc2cc3ccc(NC(=O)NCCc4ccccc4)cc3nc2c1. The van der Waals surface area contributed by atoms with Crippen LogP contribution in [0, 0.1) is 0 Å². The molecule has 0 spiro atoms. The number of hydrogen-bond acceptors (Lipinski definition) is 3. The van der Waals surface area contributed by atoms with Crippen molar-refractivity contribution in [2.75, 3.05) is 23.7 Å². The normalized spacial score (nSPS) is 10.7. The third kappa shape index (κ3) is 6.64. The summed E-state index contributed by atoms with van der Waals surface area (Å²) in [5.41, 5.74) is 5.18. The molecular weight excluding hydrogens is 474 g/mol. The molecule has 0 unspecified atom stereocenters. The summed E-state index contributed by atoms with van der Waals surface area (Å²) >= 11 is 0. The summed E-state index contributed by atoms with van der Waals surface area (Å²) in [7, 11) is 0. The average Bonchev–Trinajstić information content (AvgIpc) is 2.93. The number of carbonyl (C=O) groups excluding carboxylic acids is 2. The van der Waals surface area contributed by atoms with Gasteiger partial charge in [-0.1, -0.05) is 72.8 Å². The minimum atomic E-state index is -0.258. The number of hydrogen-bond donors (Lipinski definition) is 4. The first-order chi connectivity index (χ1) is 18.6. The molecule has 5 aromatic rings. The summed E-state index contributed by atoms with van der Waals surface area (Å²) in [5, 5.41) is 13.5. The predicted octanol–water partition coefficient (Wildman–Crippen LogP) is 6.12. The van der Waals surface area contributed by atoms with Crippen LogP contribution in [-0.2, 0) is 12.8 Å². The molecule has 1 aromatic heterocycles. The highest BCUT2D eigenvalue weighted by atomic mass is 16.2. The molecular formula is C31H29N5O2. The van der Waals surface area contributed by atoms with Crippen molar-refractivity contribution in [3.8, 4) is 0 Å². The van der Waals surface area contributed by atoms with Gasteiger partial charge in [0.05, 0.1) is 11.0 Å². The van der Waals surface area contributed by atoms with Crippen molar-refractivity contribution in [2.45, 2.75) is 12.8 Å². The fraction of sp³-hybridized carbons (Fsp3) is 0.129. The molecule has 0 atom stereocenters. The molecule has 0 bridgehead atoms. The molecule has 0 aliphatic heterocycles. The highest BCUT2D eigenvalue weighted by Gasteiger charge is 2.07. The number of aromatic nitrogens is 1. The number of pyridine rings is 1. The van der Waals surface area contributed by atoms with Crippen molar-refractivity contribution in [1.29, 1.82) is 0 Å². The fourth-order valence-corrected chi connectivity index (χ4v) is 4.26. The number of benzene rings is 4. The van der Waals surface area contributed by atoms with E-state index in [1.54, 1.807) is 0 Å². The van der Waals surface area contributed by atoms with Gasteiger partial charge >= 0.3 is 12.1 Å². The van der Waals surface area contributed by atoms with Gasteiger partial charge in [-0.05, 0) is 54.3 Å². The molecule has 0 aliphatic carbocycles. The Hall–Kier alpha value is -4.91. The van der Waals surface area contributed by atoms with Crippen LogP contribution in [0.15, 0.2) is 103 Å². The van der Waals surface area contributed by atoms with E-state index in [0.29, 0.717) is 24.5 Å². The van der Waals surface area contributed by atoms with Gasteiger partial charge in [0.15, 0.2) is 0 Å². The van der Waals surface area contributed by atoms with Crippen molar-refractivity contribution in [3.05, 3.63) is 114 Å². The fourth-order valence-electron chi connectivity index (χ4n) is 4.26. The topological polar surface area (TPSA) is 95.2 Å². The Morgan fingerprint density at radius 3 is 1.45 bits per heavy atom. The van der Waals surface area contributed by atoms with Gasteiger partial charge in [-0.25, -0.2) is 14.6 Å². The summed E-state index contributed by atoms with van der Waals surface area (Å²) in [6.45, 7) is 1.09. The quantitative estimate of drug-likeness (QED) is 0.192. The van der Waals surface area contributed by atoms with Crippen LogP contribution in [-0.4, -0.2) is 30.1 Å². The van der Waals surface area contributed by atoms with Gasteiger partial charge in [0, 0.05) is 35.2 Å². The third-order valence-corrected chi connectivity index (χ3v) is 6.21. The smallest absolute Gasteiger partial charge is 0.319 e. The Bertz CT molecular complexity index is 1440. The zero-order valence-electron chi connectivity index (χ0n) is 20.9. The number of nitrogens with one attached hydrogen (secondary N) is 4. The second kappa shape index (κ2) is 11.9. The maximum Gasteiger partial charge on any atom is 0.319 e. The molecule has 7 nitrogen and oxygen atoms in total. The van der Waals surface area contributed by atoms with Gasteiger partial charge in [0.25, 0.3) is 0 Å². The monoisotopic (exact) mass is 503 g/mol. The summed E-state index contributed by atoms with van der Waals surface area (Å²) in [5.74, 6) is 0. The van der Waals surface area contributed by atoms with Crippen molar-refractivity contribution in [1.82, 2.24) is 15.6 Å². The third-order valence-electron chi connectivity index (χ3n) is 6.21. The van der Waals surface area contributed by atoms with E-state index in [0.717, 1.165) is 34.6 Å². The lowest BCUT2D eigenvalue weighted by Gasteiger charge is -2.10. The largest absolute Gasteiger partial charge is 0.338 e. The van der Waals surface area contributed by atoms with Crippen LogP contribution in [0.25, 0.3) is 21.8 Å². The number of urea groups is 2. The Labute approximate surface area is 221 Å². The lowest BCUT2D eigenvalue weighted by molar-refractivity contribution is 0.251. The molecule has 4 aromatic carbocycles. The number of carbonyl (C=O) groups is 2. The first-order valence-electron chi connectivity index (χ1n) is 12.6. The maximum absolute atomic E-state index is 12.4. The Kier molecular flexibility index (Phi) is 7.75. The molecule has 4 N–H and O–H groups in total. The number of anilines is 2. The van der Waals surface area contributed by atoms with Crippen molar-refractivity contribution in [3.63, 3.8) is 0 Å². The van der Waals surface area contributed by atoms with Crippen molar-refractivity contribution < 1.29 is 9.59 Å². The molecule has 0 fully saturated rings. The van der Waals surface area contributed by atoms with Crippen LogP contribution < -0.4 is 21.3 Å². The molecule has 0 saturated carbocycles. The van der Waals surface area contributed by atoms with Crippen LogP contribution in [0.2, 0.25) is 0 Å². The molecule has 38 heavy (non-hydrogen) atoms. The first-order valence-corrected chi connectivity index (χ1v) is 12.6. The number of amides is 4. The second-order valence-electron chi connectivity index (χ2n) is 9.04. The highest BCUT2D eigenvalue weighted by Crippen LogP contribution is 2.24. The zero-order valence-corrected chi connectivity index (χ0v) is 20.9. The number of rotatable bonds is 8. The minimum Gasteiger partial charge on any atom is -0.338 e. The predicted molar refractivity (Wildman–Crippen MR) is 154 cm³/mol. The van der Waals surface area contributed by atoms with E-state index in [2.05, 4.69) is 21.3 Å². The van der Waals surface area contributed by atoms with E-state index >= 15 is 0 Å². The maximum atomic E-state index is 12.4. The Morgan fingerprint density at radius 2 is 1.00 bits per heavy atom.